The number of carbonyl (C=O) groups is 1. The second kappa shape index (κ2) is 11.2. The predicted octanol–water partition coefficient (Wildman–Crippen LogP) is 6.03. The fourth-order valence-electron chi connectivity index (χ4n) is 3.43. The van der Waals surface area contributed by atoms with Crippen LogP contribution in [0.2, 0.25) is 0 Å². The second-order valence-corrected chi connectivity index (χ2v) is 7.82. The molecule has 1 aromatic heterocycles. The van der Waals surface area contributed by atoms with Gasteiger partial charge in [0.25, 0.3) is 11.7 Å². The summed E-state index contributed by atoms with van der Waals surface area (Å²) in [5.74, 6) is -1.99. The predicted molar refractivity (Wildman–Crippen MR) is 132 cm³/mol. The van der Waals surface area contributed by atoms with Crippen LogP contribution in [-0.4, -0.2) is 26.2 Å². The minimum atomic E-state index is -5.02. The maximum Gasteiger partial charge on any atom is 0.453 e. The minimum absolute atomic E-state index is 0.0126. The van der Waals surface area contributed by atoms with E-state index in [4.69, 9.17) is 23.4 Å². The lowest BCUT2D eigenvalue weighted by Crippen LogP contribution is -2.20. The van der Waals surface area contributed by atoms with Crippen molar-refractivity contribution in [3.05, 3.63) is 82.7 Å². The monoisotopic (exact) mass is 529 g/mol. The summed E-state index contributed by atoms with van der Waals surface area (Å²) in [7, 11) is 1.43. The Hall–Kier alpha value is -4.67. The summed E-state index contributed by atoms with van der Waals surface area (Å²) in [5, 5.41) is 2.47. The molecule has 0 aliphatic rings. The summed E-state index contributed by atoms with van der Waals surface area (Å²) in [4.78, 5) is 25.2. The number of halogens is 3. The highest BCUT2D eigenvalue weighted by Gasteiger charge is 2.40. The first-order valence-electron chi connectivity index (χ1n) is 11.3. The molecule has 0 aliphatic heterocycles. The summed E-state index contributed by atoms with van der Waals surface area (Å²) in [6.45, 7) is 1.92. The van der Waals surface area contributed by atoms with Crippen molar-refractivity contribution in [2.24, 2.45) is 0 Å². The van der Waals surface area contributed by atoms with Gasteiger partial charge in [0.2, 0.25) is 11.2 Å². The van der Waals surface area contributed by atoms with Crippen molar-refractivity contribution in [3.8, 4) is 28.7 Å². The van der Waals surface area contributed by atoms with E-state index in [1.165, 1.54) is 43.5 Å². The van der Waals surface area contributed by atoms with Crippen molar-refractivity contribution in [1.29, 1.82) is 0 Å². The third-order valence-corrected chi connectivity index (χ3v) is 5.18. The van der Waals surface area contributed by atoms with Gasteiger partial charge in [-0.1, -0.05) is 0 Å². The molecule has 0 bridgehead atoms. The average molecular weight is 529 g/mol. The van der Waals surface area contributed by atoms with E-state index in [2.05, 4.69) is 5.32 Å². The Morgan fingerprint density at radius 3 is 2.16 bits per heavy atom. The van der Waals surface area contributed by atoms with Crippen LogP contribution in [0.3, 0.4) is 0 Å². The van der Waals surface area contributed by atoms with E-state index >= 15 is 0 Å². The van der Waals surface area contributed by atoms with Crippen LogP contribution in [0.4, 0.5) is 18.9 Å². The molecule has 0 aliphatic carbocycles. The molecule has 8 nitrogen and oxygen atoms in total. The Kier molecular flexibility index (Phi) is 7.75. The maximum absolute atomic E-state index is 13.8. The molecule has 0 fully saturated rings. The molecule has 1 amide bonds. The fraction of sp³-hybridized carbons (Fsp3) is 0.185. The van der Waals surface area contributed by atoms with Crippen LogP contribution in [0.15, 0.2) is 75.9 Å². The van der Waals surface area contributed by atoms with E-state index in [1.807, 2.05) is 6.92 Å². The van der Waals surface area contributed by atoms with Gasteiger partial charge in [0, 0.05) is 11.8 Å². The van der Waals surface area contributed by atoms with Crippen LogP contribution in [-0.2, 0) is 11.0 Å². The first-order chi connectivity index (χ1) is 18.2. The number of ether oxygens (including phenoxy) is 4. The molecular weight excluding hydrogens is 507 g/mol. The number of fused-ring (bicyclic) bond motifs is 1. The molecule has 0 unspecified atom stereocenters. The molecule has 1 N–H and O–H groups in total. The lowest BCUT2D eigenvalue weighted by Gasteiger charge is -2.14. The Morgan fingerprint density at radius 2 is 1.53 bits per heavy atom. The fourth-order valence-corrected chi connectivity index (χ4v) is 3.43. The van der Waals surface area contributed by atoms with Crippen LogP contribution in [0.1, 0.15) is 12.7 Å². The molecule has 3 aromatic carbocycles. The van der Waals surface area contributed by atoms with Gasteiger partial charge in [-0.15, -0.1) is 0 Å². The number of hydrogen-bond donors (Lipinski definition) is 1. The van der Waals surface area contributed by atoms with Gasteiger partial charge in [-0.05, 0) is 67.6 Å². The minimum Gasteiger partial charge on any atom is -0.497 e. The number of methoxy groups -OCH3 is 1. The molecule has 4 aromatic rings. The quantitative estimate of drug-likeness (QED) is 0.283. The molecule has 198 valence electrons. The number of alkyl halides is 3. The van der Waals surface area contributed by atoms with E-state index in [0.29, 0.717) is 23.8 Å². The van der Waals surface area contributed by atoms with Crippen molar-refractivity contribution in [1.82, 2.24) is 0 Å². The molecule has 1 heterocycles. The number of carbonyl (C=O) groups excluding carboxylic acids is 1. The molecule has 4 rings (SSSR count). The van der Waals surface area contributed by atoms with E-state index in [-0.39, 0.29) is 22.5 Å². The smallest absolute Gasteiger partial charge is 0.453 e. The average Bonchev–Trinajstić information content (AvgIpc) is 2.90. The Morgan fingerprint density at radius 1 is 0.895 bits per heavy atom. The normalized spacial score (nSPS) is 11.2. The molecular formula is C27H22F3NO7. The van der Waals surface area contributed by atoms with Crippen molar-refractivity contribution in [2.45, 2.75) is 13.1 Å². The van der Waals surface area contributed by atoms with Gasteiger partial charge in [-0.25, -0.2) is 0 Å². The number of nitrogens with one attached hydrogen (secondary N) is 1. The zero-order valence-corrected chi connectivity index (χ0v) is 20.3. The molecule has 0 spiro atoms. The van der Waals surface area contributed by atoms with Crippen LogP contribution in [0.5, 0.6) is 28.7 Å². The van der Waals surface area contributed by atoms with Gasteiger partial charge in [-0.3, -0.25) is 9.59 Å². The van der Waals surface area contributed by atoms with Crippen LogP contribution < -0.4 is 29.7 Å². The highest BCUT2D eigenvalue weighted by molar-refractivity contribution is 5.92. The summed E-state index contributed by atoms with van der Waals surface area (Å²) in [6.07, 6.45) is -5.02. The Labute approximate surface area is 214 Å². The lowest BCUT2D eigenvalue weighted by molar-refractivity contribution is -0.154. The van der Waals surface area contributed by atoms with E-state index < -0.39 is 35.6 Å². The van der Waals surface area contributed by atoms with Gasteiger partial charge >= 0.3 is 6.18 Å². The summed E-state index contributed by atoms with van der Waals surface area (Å²) < 4.78 is 67.4. The van der Waals surface area contributed by atoms with Crippen molar-refractivity contribution < 1.29 is 41.3 Å². The second-order valence-electron chi connectivity index (χ2n) is 7.82. The van der Waals surface area contributed by atoms with Crippen LogP contribution >= 0.6 is 0 Å². The third-order valence-electron chi connectivity index (χ3n) is 5.18. The maximum atomic E-state index is 13.8. The summed E-state index contributed by atoms with van der Waals surface area (Å²) in [6, 6.07) is 16.0. The van der Waals surface area contributed by atoms with Gasteiger partial charge in [0.15, 0.2) is 6.61 Å². The number of anilines is 1. The van der Waals surface area contributed by atoms with Gasteiger partial charge < -0.3 is 28.7 Å². The highest BCUT2D eigenvalue weighted by Crippen LogP contribution is 2.38. The van der Waals surface area contributed by atoms with Gasteiger partial charge in [0.05, 0.1) is 19.1 Å². The number of hydrogen-bond acceptors (Lipinski definition) is 7. The zero-order chi connectivity index (χ0) is 27.3. The molecule has 0 radical (unpaired) electrons. The Bertz CT molecular complexity index is 1480. The number of rotatable bonds is 9. The first kappa shape index (κ1) is 26.4. The van der Waals surface area contributed by atoms with Crippen molar-refractivity contribution >= 4 is 22.6 Å². The van der Waals surface area contributed by atoms with E-state index in [0.717, 1.165) is 6.07 Å². The molecule has 0 saturated heterocycles. The van der Waals surface area contributed by atoms with Gasteiger partial charge in [0.1, 0.15) is 28.6 Å². The summed E-state index contributed by atoms with van der Waals surface area (Å²) in [5.41, 5.74) is -0.895. The van der Waals surface area contributed by atoms with Crippen molar-refractivity contribution in [3.63, 3.8) is 0 Å². The third kappa shape index (κ3) is 6.17. The molecule has 0 saturated carbocycles. The van der Waals surface area contributed by atoms with Crippen molar-refractivity contribution in [2.75, 3.05) is 25.6 Å². The SMILES string of the molecule is CCOc1ccc(NC(=O)COc2ccc3c(=O)c(Oc4ccc(OC)cc4)c(C(F)(F)F)oc3c2)cc1. The van der Waals surface area contributed by atoms with E-state index in [1.54, 1.807) is 24.3 Å². The largest absolute Gasteiger partial charge is 0.497 e. The topological polar surface area (TPSA) is 96.2 Å². The van der Waals surface area contributed by atoms with Crippen LogP contribution in [0, 0.1) is 0 Å². The standard InChI is InChI=1S/C27H22F3NO7/c1-3-35-18-6-4-16(5-7-18)31-23(32)15-36-20-12-13-21-22(14-20)38-26(27(28,29)30)25(24(21)33)37-19-10-8-17(34-2)9-11-19/h4-14H,3,15H2,1-2H3,(H,31,32). The van der Waals surface area contributed by atoms with E-state index in [9.17, 15) is 22.8 Å². The Balaban J connectivity index is 1.54. The first-order valence-corrected chi connectivity index (χ1v) is 11.3. The van der Waals surface area contributed by atoms with Gasteiger partial charge in [-0.2, -0.15) is 13.2 Å². The number of amides is 1. The highest BCUT2D eigenvalue weighted by atomic mass is 19.4. The molecule has 11 heteroatoms. The van der Waals surface area contributed by atoms with Crippen LogP contribution in [0.25, 0.3) is 11.0 Å². The summed E-state index contributed by atoms with van der Waals surface area (Å²) >= 11 is 0. The molecule has 0 atom stereocenters. The zero-order valence-electron chi connectivity index (χ0n) is 20.3. The molecule has 38 heavy (non-hydrogen) atoms. The lowest BCUT2D eigenvalue weighted by atomic mass is 10.2. The number of benzene rings is 3.